The van der Waals surface area contributed by atoms with Crippen molar-refractivity contribution in [2.75, 3.05) is 9.80 Å². The Morgan fingerprint density at radius 3 is 2.27 bits per heavy atom. The molecule has 0 bridgehead atoms. The molecule has 0 N–H and O–H groups in total. The third kappa shape index (κ3) is 5.09. The van der Waals surface area contributed by atoms with Crippen LogP contribution in [-0.4, -0.2) is 0 Å². The molecule has 0 unspecified atom stereocenters. The van der Waals surface area contributed by atoms with Gasteiger partial charge in [0.05, 0.1) is 11.4 Å². The molecule has 7 rings (SSSR count). The predicted octanol–water partition coefficient (Wildman–Crippen LogP) is 11.1. The molecule has 0 aromatic heterocycles. The monoisotopic (exact) mass is 586 g/mol. The maximum atomic E-state index is 4.65. The van der Waals surface area contributed by atoms with Crippen LogP contribution in [-0.2, 0) is 23.7 Å². The van der Waals surface area contributed by atoms with Crippen LogP contribution in [0.4, 0.5) is 22.7 Å². The fourth-order valence-electron chi connectivity index (χ4n) is 7.35. The molecule has 2 nitrogen and oxygen atoms in total. The van der Waals surface area contributed by atoms with E-state index in [4.69, 9.17) is 0 Å². The molecule has 0 amide bonds. The zero-order valence-electron chi connectivity index (χ0n) is 26.9. The van der Waals surface area contributed by atoms with Crippen molar-refractivity contribution in [2.24, 2.45) is 0 Å². The van der Waals surface area contributed by atoms with Gasteiger partial charge < -0.3 is 9.80 Å². The lowest BCUT2D eigenvalue weighted by atomic mass is 9.72. The Hall–Kier alpha value is -4.82. The number of benzene rings is 4. The van der Waals surface area contributed by atoms with Crippen molar-refractivity contribution in [3.63, 3.8) is 0 Å². The summed E-state index contributed by atoms with van der Waals surface area (Å²) in [5.41, 5.74) is 13.5. The highest BCUT2D eigenvalue weighted by atomic mass is 15.2. The number of rotatable bonds is 3. The minimum atomic E-state index is -0.115. The van der Waals surface area contributed by atoms with Crippen molar-refractivity contribution < 1.29 is 0 Å². The number of nitrogens with zero attached hydrogens (tertiary/aromatic N) is 2. The number of hydrogen-bond donors (Lipinski definition) is 0. The van der Waals surface area contributed by atoms with Crippen LogP contribution in [0, 0.1) is 0 Å². The van der Waals surface area contributed by atoms with E-state index in [-0.39, 0.29) is 10.8 Å². The quantitative estimate of drug-likeness (QED) is 0.236. The fourth-order valence-corrected chi connectivity index (χ4v) is 7.35. The molecule has 224 valence electrons. The zero-order chi connectivity index (χ0) is 31.2. The van der Waals surface area contributed by atoms with Crippen LogP contribution in [0.15, 0.2) is 152 Å². The molecule has 0 atom stereocenters. The van der Waals surface area contributed by atoms with E-state index in [0.717, 1.165) is 36.3 Å². The van der Waals surface area contributed by atoms with E-state index < -0.39 is 0 Å². The average Bonchev–Trinajstić information content (AvgIpc) is 3.16. The first kappa shape index (κ1) is 28.9. The van der Waals surface area contributed by atoms with Crippen LogP contribution in [0.2, 0.25) is 0 Å². The van der Waals surface area contributed by atoms with Crippen LogP contribution in [0.5, 0.6) is 0 Å². The second-order valence-electron chi connectivity index (χ2n) is 13.6. The standard InChI is InChI=1S/C43H42N2/c1-31-23-26-35(27-25-33-17-15-21-38-41(33)44(31)40-22-13-12-20-37(40)43(38,4)5)45(34-18-10-8-11-19-34)36-28-24-32-16-9-6-7-14-29-42(2,3)39(32)30-36/h6-15,17-24,26-28,30H,1,16,25,29H2,2-5H3/b9-6-,14-7-,26-23-,35-27+. The van der Waals surface area contributed by atoms with E-state index in [9.17, 15) is 0 Å². The van der Waals surface area contributed by atoms with Gasteiger partial charge in [0.1, 0.15) is 0 Å². The lowest BCUT2D eigenvalue weighted by Crippen LogP contribution is -2.32. The van der Waals surface area contributed by atoms with Crippen LogP contribution >= 0.6 is 0 Å². The van der Waals surface area contributed by atoms with Gasteiger partial charge in [-0.15, -0.1) is 0 Å². The fraction of sp³-hybridized carbons (Fsp3) is 0.209. The summed E-state index contributed by atoms with van der Waals surface area (Å²) in [7, 11) is 0. The lowest BCUT2D eigenvalue weighted by molar-refractivity contribution is 0.530. The van der Waals surface area contributed by atoms with Gasteiger partial charge in [0.2, 0.25) is 0 Å². The first-order chi connectivity index (χ1) is 21.8. The molecule has 2 aliphatic heterocycles. The van der Waals surface area contributed by atoms with Crippen molar-refractivity contribution in [1.82, 2.24) is 0 Å². The zero-order valence-corrected chi connectivity index (χ0v) is 26.9. The second-order valence-corrected chi connectivity index (χ2v) is 13.6. The first-order valence-electron chi connectivity index (χ1n) is 16.2. The molecule has 2 heteroatoms. The molecule has 1 aliphatic carbocycles. The average molecular weight is 587 g/mol. The van der Waals surface area contributed by atoms with Gasteiger partial charge in [0, 0.05) is 28.2 Å². The normalized spacial score (nSPS) is 21.0. The van der Waals surface area contributed by atoms with Crippen LogP contribution in [0.3, 0.4) is 0 Å². The van der Waals surface area contributed by atoms with Gasteiger partial charge in [-0.1, -0.05) is 125 Å². The van der Waals surface area contributed by atoms with Gasteiger partial charge in [-0.3, -0.25) is 0 Å². The minimum Gasteiger partial charge on any atom is -0.311 e. The molecule has 0 fully saturated rings. The number of anilines is 4. The van der Waals surface area contributed by atoms with E-state index in [1.54, 1.807) is 0 Å². The molecule has 4 aromatic rings. The number of allylic oxidation sites excluding steroid dienone is 7. The molecule has 3 aliphatic rings. The summed E-state index contributed by atoms with van der Waals surface area (Å²) in [4.78, 5) is 4.79. The highest BCUT2D eigenvalue weighted by molar-refractivity contribution is 5.84. The van der Waals surface area contributed by atoms with Crippen molar-refractivity contribution >= 4 is 22.7 Å². The first-order valence-corrected chi connectivity index (χ1v) is 16.2. The van der Waals surface area contributed by atoms with Gasteiger partial charge >= 0.3 is 0 Å². The van der Waals surface area contributed by atoms with Gasteiger partial charge in [-0.25, -0.2) is 0 Å². The molecule has 45 heavy (non-hydrogen) atoms. The Morgan fingerprint density at radius 1 is 0.667 bits per heavy atom. The molecule has 0 saturated carbocycles. The predicted molar refractivity (Wildman–Crippen MR) is 192 cm³/mol. The SMILES string of the molecule is C=C1/C=C\C(N(c2ccccc2)c2ccc3c(c2)C(C)(C)C/C=C\C=C/C3)=C/Cc2cccc3c2N1c1ccccc1C3(C)C. The molecule has 0 saturated heterocycles. The van der Waals surface area contributed by atoms with Crippen molar-refractivity contribution in [3.8, 4) is 0 Å². The third-order valence-corrected chi connectivity index (χ3v) is 9.80. The molecule has 4 aromatic carbocycles. The Bertz CT molecular complexity index is 1900. The Balaban J connectivity index is 1.40. The Kier molecular flexibility index (Phi) is 7.25. The van der Waals surface area contributed by atoms with Crippen LogP contribution in [0.25, 0.3) is 0 Å². The maximum Gasteiger partial charge on any atom is 0.0537 e. The number of fused-ring (bicyclic) bond motifs is 3. The Morgan fingerprint density at radius 2 is 1.42 bits per heavy atom. The summed E-state index contributed by atoms with van der Waals surface area (Å²) < 4.78 is 0. The minimum absolute atomic E-state index is 0.0123. The number of para-hydroxylation sites is 3. The summed E-state index contributed by atoms with van der Waals surface area (Å²) in [5.74, 6) is 0. The molecule has 0 radical (unpaired) electrons. The van der Waals surface area contributed by atoms with E-state index >= 15 is 0 Å². The molecule has 0 spiro atoms. The van der Waals surface area contributed by atoms with Crippen LogP contribution in [0.1, 0.15) is 61.9 Å². The maximum absolute atomic E-state index is 4.65. The largest absolute Gasteiger partial charge is 0.311 e. The van der Waals surface area contributed by atoms with E-state index in [0.29, 0.717) is 0 Å². The van der Waals surface area contributed by atoms with Crippen molar-refractivity contribution in [3.05, 3.63) is 179 Å². The van der Waals surface area contributed by atoms with E-state index in [1.807, 2.05) is 0 Å². The van der Waals surface area contributed by atoms with Gasteiger partial charge in [-0.05, 0) is 95.0 Å². The van der Waals surface area contributed by atoms with Crippen molar-refractivity contribution in [1.29, 1.82) is 0 Å². The Labute approximate surface area is 269 Å². The second kappa shape index (κ2) is 11.3. The highest BCUT2D eigenvalue weighted by Crippen LogP contribution is 2.52. The van der Waals surface area contributed by atoms with E-state index in [2.05, 4.69) is 178 Å². The smallest absolute Gasteiger partial charge is 0.0537 e. The summed E-state index contributed by atoms with van der Waals surface area (Å²) in [6.07, 6.45) is 18.5. The van der Waals surface area contributed by atoms with E-state index in [1.165, 1.54) is 44.9 Å². The molecule has 2 heterocycles. The third-order valence-electron chi connectivity index (χ3n) is 9.80. The summed E-state index contributed by atoms with van der Waals surface area (Å²) in [5, 5.41) is 0. The van der Waals surface area contributed by atoms with Gasteiger partial charge in [0.25, 0.3) is 0 Å². The van der Waals surface area contributed by atoms with Gasteiger partial charge in [-0.2, -0.15) is 0 Å². The summed E-state index contributed by atoms with van der Waals surface area (Å²) in [6, 6.07) is 33.4. The van der Waals surface area contributed by atoms with Crippen LogP contribution < -0.4 is 9.80 Å². The highest BCUT2D eigenvalue weighted by Gasteiger charge is 2.38. The topological polar surface area (TPSA) is 6.48 Å². The lowest BCUT2D eigenvalue weighted by Gasteiger charge is -2.43. The molecular formula is C43H42N2. The number of hydrogen-bond acceptors (Lipinski definition) is 2. The summed E-state index contributed by atoms with van der Waals surface area (Å²) in [6.45, 7) is 14.1. The van der Waals surface area contributed by atoms with Crippen molar-refractivity contribution in [2.45, 2.75) is 57.8 Å². The summed E-state index contributed by atoms with van der Waals surface area (Å²) >= 11 is 0. The van der Waals surface area contributed by atoms with Gasteiger partial charge in [0.15, 0.2) is 0 Å². The molecular weight excluding hydrogens is 544 g/mol.